The normalized spacial score (nSPS) is 16.4. The molecular formula is C13H17N3O2. The summed E-state index contributed by atoms with van der Waals surface area (Å²) < 4.78 is 0. The van der Waals surface area contributed by atoms with Gasteiger partial charge in [0.15, 0.2) is 0 Å². The van der Waals surface area contributed by atoms with E-state index in [2.05, 4.69) is 5.32 Å². The number of hydrogen-bond acceptors (Lipinski definition) is 3. The minimum atomic E-state index is -0.444. The van der Waals surface area contributed by atoms with E-state index in [-0.39, 0.29) is 5.91 Å². The molecule has 1 aromatic rings. The summed E-state index contributed by atoms with van der Waals surface area (Å²) in [6.07, 6.45) is 0.946. The zero-order chi connectivity index (χ0) is 13.0. The largest absolute Gasteiger partial charge is 0.366 e. The Hall–Kier alpha value is -1.88. The van der Waals surface area contributed by atoms with Crippen LogP contribution in [0.4, 0.5) is 0 Å². The van der Waals surface area contributed by atoms with Crippen LogP contribution in [0.15, 0.2) is 24.3 Å². The van der Waals surface area contributed by atoms with Gasteiger partial charge in [-0.05, 0) is 30.7 Å². The van der Waals surface area contributed by atoms with Crippen molar-refractivity contribution in [3.8, 4) is 0 Å². The highest BCUT2D eigenvalue weighted by atomic mass is 16.2. The summed E-state index contributed by atoms with van der Waals surface area (Å²) in [4.78, 5) is 24.7. The van der Waals surface area contributed by atoms with Gasteiger partial charge in [0.1, 0.15) is 0 Å². The van der Waals surface area contributed by atoms with Crippen molar-refractivity contribution in [2.24, 2.45) is 5.73 Å². The van der Waals surface area contributed by atoms with Crippen LogP contribution in [0.2, 0.25) is 0 Å². The Labute approximate surface area is 106 Å². The predicted octanol–water partition coefficient (Wildman–Crippen LogP) is 0.107. The van der Waals surface area contributed by atoms with E-state index < -0.39 is 5.91 Å². The third kappa shape index (κ3) is 3.07. The molecule has 5 nitrogen and oxygen atoms in total. The van der Waals surface area contributed by atoms with E-state index in [1.165, 1.54) is 0 Å². The Morgan fingerprint density at radius 1 is 1.44 bits per heavy atom. The Kier molecular flexibility index (Phi) is 3.94. The van der Waals surface area contributed by atoms with Crippen molar-refractivity contribution >= 4 is 11.8 Å². The average Bonchev–Trinajstić information content (AvgIpc) is 2.55. The second-order valence-electron chi connectivity index (χ2n) is 4.41. The number of primary amides is 1. The summed E-state index contributed by atoms with van der Waals surface area (Å²) >= 11 is 0. The number of nitrogens with two attached hydrogens (primary N) is 1. The van der Waals surface area contributed by atoms with Crippen LogP contribution in [0.1, 0.15) is 22.3 Å². The zero-order valence-electron chi connectivity index (χ0n) is 10.2. The maximum atomic E-state index is 11.8. The fourth-order valence-electron chi connectivity index (χ4n) is 2.04. The molecular weight excluding hydrogens is 230 g/mol. The molecule has 2 rings (SSSR count). The number of benzene rings is 1. The summed E-state index contributed by atoms with van der Waals surface area (Å²) in [5.74, 6) is -0.349. The van der Waals surface area contributed by atoms with Crippen LogP contribution in [-0.2, 0) is 11.3 Å². The number of hydrogen-bond donors (Lipinski definition) is 2. The van der Waals surface area contributed by atoms with Gasteiger partial charge in [0.25, 0.3) is 0 Å². The molecule has 1 aliphatic rings. The van der Waals surface area contributed by atoms with Gasteiger partial charge in [0, 0.05) is 18.7 Å². The van der Waals surface area contributed by atoms with Crippen LogP contribution in [0, 0.1) is 0 Å². The van der Waals surface area contributed by atoms with Gasteiger partial charge in [-0.3, -0.25) is 9.59 Å². The second kappa shape index (κ2) is 5.64. The Balaban J connectivity index is 2.10. The van der Waals surface area contributed by atoms with Crippen LogP contribution in [0.5, 0.6) is 0 Å². The van der Waals surface area contributed by atoms with Crippen molar-refractivity contribution in [3.63, 3.8) is 0 Å². The first-order valence-electron chi connectivity index (χ1n) is 6.04. The van der Waals surface area contributed by atoms with E-state index in [4.69, 9.17) is 5.73 Å². The summed E-state index contributed by atoms with van der Waals surface area (Å²) in [5, 5.41) is 3.08. The van der Waals surface area contributed by atoms with Crippen molar-refractivity contribution in [3.05, 3.63) is 35.4 Å². The van der Waals surface area contributed by atoms with Crippen LogP contribution < -0.4 is 11.1 Å². The summed E-state index contributed by atoms with van der Waals surface area (Å²) in [5.41, 5.74) is 6.65. The molecule has 1 heterocycles. The minimum absolute atomic E-state index is 0.0944. The standard InChI is InChI=1S/C13H17N3O2/c14-13(18)11-4-1-3-10(7-11)9-16-6-2-5-15-8-12(16)17/h1,3-4,7,15H,2,5-6,8-9H2,(H2,14,18). The van der Waals surface area contributed by atoms with Crippen molar-refractivity contribution in [1.82, 2.24) is 10.2 Å². The Morgan fingerprint density at radius 2 is 2.28 bits per heavy atom. The van der Waals surface area contributed by atoms with E-state index >= 15 is 0 Å². The molecule has 0 bridgehead atoms. The maximum absolute atomic E-state index is 11.8. The van der Waals surface area contributed by atoms with Crippen LogP contribution in [0.3, 0.4) is 0 Å². The maximum Gasteiger partial charge on any atom is 0.248 e. The van der Waals surface area contributed by atoms with Gasteiger partial charge in [-0.25, -0.2) is 0 Å². The summed E-state index contributed by atoms with van der Waals surface area (Å²) in [6, 6.07) is 7.11. The molecule has 0 atom stereocenters. The number of nitrogens with one attached hydrogen (secondary N) is 1. The molecule has 3 N–H and O–H groups in total. The quantitative estimate of drug-likeness (QED) is 0.796. The van der Waals surface area contributed by atoms with Gasteiger partial charge >= 0.3 is 0 Å². The van der Waals surface area contributed by atoms with Crippen LogP contribution in [0.25, 0.3) is 0 Å². The number of amides is 2. The molecule has 0 radical (unpaired) electrons. The molecule has 0 aliphatic carbocycles. The minimum Gasteiger partial charge on any atom is -0.366 e. The molecule has 0 aromatic heterocycles. The molecule has 2 amide bonds. The number of carbonyl (C=O) groups excluding carboxylic acids is 2. The van der Waals surface area contributed by atoms with E-state index in [9.17, 15) is 9.59 Å². The molecule has 0 saturated carbocycles. The first-order valence-corrected chi connectivity index (χ1v) is 6.04. The molecule has 1 saturated heterocycles. The third-order valence-electron chi connectivity index (χ3n) is 3.00. The Bertz CT molecular complexity index is 459. The van der Waals surface area contributed by atoms with Gasteiger partial charge in [0.05, 0.1) is 6.54 Å². The highest BCUT2D eigenvalue weighted by molar-refractivity contribution is 5.92. The summed E-state index contributed by atoms with van der Waals surface area (Å²) in [7, 11) is 0. The lowest BCUT2D eigenvalue weighted by molar-refractivity contribution is -0.130. The average molecular weight is 247 g/mol. The highest BCUT2D eigenvalue weighted by Gasteiger charge is 2.16. The molecule has 0 unspecified atom stereocenters. The lowest BCUT2D eigenvalue weighted by atomic mass is 10.1. The lowest BCUT2D eigenvalue weighted by Gasteiger charge is -2.20. The highest BCUT2D eigenvalue weighted by Crippen LogP contribution is 2.09. The van der Waals surface area contributed by atoms with Gasteiger partial charge < -0.3 is 16.0 Å². The summed E-state index contributed by atoms with van der Waals surface area (Å²) in [6.45, 7) is 2.52. The molecule has 1 aromatic carbocycles. The van der Waals surface area contributed by atoms with E-state index in [1.54, 1.807) is 23.1 Å². The van der Waals surface area contributed by atoms with Crippen LogP contribution >= 0.6 is 0 Å². The molecule has 0 spiro atoms. The third-order valence-corrected chi connectivity index (χ3v) is 3.00. The topological polar surface area (TPSA) is 75.4 Å². The molecule has 18 heavy (non-hydrogen) atoms. The monoisotopic (exact) mass is 247 g/mol. The molecule has 1 fully saturated rings. The van der Waals surface area contributed by atoms with Crippen molar-refractivity contribution < 1.29 is 9.59 Å². The van der Waals surface area contributed by atoms with Crippen molar-refractivity contribution in [2.75, 3.05) is 19.6 Å². The Morgan fingerprint density at radius 3 is 3.06 bits per heavy atom. The molecule has 5 heteroatoms. The molecule has 1 aliphatic heterocycles. The number of carbonyl (C=O) groups is 2. The SMILES string of the molecule is NC(=O)c1cccc(CN2CCCNCC2=O)c1. The van der Waals surface area contributed by atoms with E-state index in [1.807, 2.05) is 6.07 Å². The number of nitrogens with zero attached hydrogens (tertiary/aromatic N) is 1. The van der Waals surface area contributed by atoms with E-state index in [0.717, 1.165) is 25.1 Å². The van der Waals surface area contributed by atoms with Crippen LogP contribution in [-0.4, -0.2) is 36.3 Å². The van der Waals surface area contributed by atoms with Crippen molar-refractivity contribution in [2.45, 2.75) is 13.0 Å². The number of rotatable bonds is 3. The second-order valence-corrected chi connectivity index (χ2v) is 4.41. The fraction of sp³-hybridized carbons (Fsp3) is 0.385. The first kappa shape index (κ1) is 12.6. The van der Waals surface area contributed by atoms with Gasteiger partial charge in [-0.1, -0.05) is 12.1 Å². The fourth-order valence-corrected chi connectivity index (χ4v) is 2.04. The first-order chi connectivity index (χ1) is 8.66. The predicted molar refractivity (Wildman–Crippen MR) is 67.9 cm³/mol. The van der Waals surface area contributed by atoms with Crippen molar-refractivity contribution in [1.29, 1.82) is 0 Å². The molecule has 96 valence electrons. The lowest BCUT2D eigenvalue weighted by Crippen LogP contribution is -2.34. The van der Waals surface area contributed by atoms with Gasteiger partial charge in [0.2, 0.25) is 11.8 Å². The van der Waals surface area contributed by atoms with Gasteiger partial charge in [-0.15, -0.1) is 0 Å². The van der Waals surface area contributed by atoms with Gasteiger partial charge in [-0.2, -0.15) is 0 Å². The van der Waals surface area contributed by atoms with E-state index in [0.29, 0.717) is 18.7 Å². The zero-order valence-corrected chi connectivity index (χ0v) is 10.2. The smallest absolute Gasteiger partial charge is 0.248 e.